The predicted octanol–water partition coefficient (Wildman–Crippen LogP) is 4.47. The summed E-state index contributed by atoms with van der Waals surface area (Å²) in [5.41, 5.74) is 3.09. The van der Waals surface area contributed by atoms with Crippen LogP contribution in [0.3, 0.4) is 0 Å². The lowest BCUT2D eigenvalue weighted by Gasteiger charge is -2.23. The third kappa shape index (κ3) is 4.95. The van der Waals surface area contributed by atoms with Gasteiger partial charge in [-0.05, 0) is 48.9 Å². The van der Waals surface area contributed by atoms with Gasteiger partial charge in [0.1, 0.15) is 11.6 Å². The van der Waals surface area contributed by atoms with Gasteiger partial charge in [0.15, 0.2) is 0 Å². The number of carbonyl (C=O) groups excluding carboxylic acids is 1. The molecule has 0 atom stereocenters. The number of hydrogen-bond donors (Lipinski definition) is 2. The summed E-state index contributed by atoms with van der Waals surface area (Å²) in [7, 11) is 1.61. The summed E-state index contributed by atoms with van der Waals surface area (Å²) in [6.45, 7) is 2.46. The predicted molar refractivity (Wildman–Crippen MR) is 125 cm³/mol. The van der Waals surface area contributed by atoms with E-state index in [0.717, 1.165) is 16.9 Å². The van der Waals surface area contributed by atoms with E-state index in [2.05, 4.69) is 15.3 Å². The second-order valence-corrected chi connectivity index (χ2v) is 7.53. The molecule has 0 saturated heterocycles. The third-order valence-corrected chi connectivity index (χ3v) is 5.13. The van der Waals surface area contributed by atoms with E-state index in [4.69, 9.17) is 4.74 Å². The molecule has 1 heterocycles. The molecule has 0 spiro atoms. The number of nitrogens with one attached hydrogen (secondary N) is 2. The number of ether oxygens (including phenoxy) is 1. The number of nitrogens with zero attached hydrogens (tertiary/aromatic N) is 2. The van der Waals surface area contributed by atoms with Crippen molar-refractivity contribution in [3.05, 3.63) is 100 Å². The Morgan fingerprint density at radius 3 is 2.44 bits per heavy atom. The van der Waals surface area contributed by atoms with Crippen molar-refractivity contribution < 1.29 is 9.53 Å². The number of fused-ring (bicyclic) bond motifs is 1. The number of anilines is 1. The van der Waals surface area contributed by atoms with Crippen LogP contribution < -0.4 is 15.6 Å². The highest BCUT2D eigenvalue weighted by atomic mass is 16.5. The van der Waals surface area contributed by atoms with Crippen molar-refractivity contribution in [2.24, 2.45) is 0 Å². The largest absolute Gasteiger partial charge is 0.497 e. The Kier molecular flexibility index (Phi) is 6.17. The summed E-state index contributed by atoms with van der Waals surface area (Å²) >= 11 is 0. The van der Waals surface area contributed by atoms with Gasteiger partial charge in [0.05, 0.1) is 24.6 Å². The molecular formula is C25H24N4O3. The number of para-hydroxylation sites is 1. The standard InChI is InChI=1S/C25H24N4O3/c1-17-7-11-19(12-8-17)26-25(31)29(15-18-9-13-20(32-2)14-10-18)16-23-27-22-6-4-3-5-21(22)24(30)28-23/h3-14H,15-16H2,1-2H3,(H,26,31)(H,27,28,30). The summed E-state index contributed by atoms with van der Waals surface area (Å²) in [6, 6.07) is 21.9. The van der Waals surface area contributed by atoms with Crippen LogP contribution in [0.1, 0.15) is 17.0 Å². The van der Waals surface area contributed by atoms with Crippen LogP contribution in [0.25, 0.3) is 10.9 Å². The lowest BCUT2D eigenvalue weighted by atomic mass is 10.2. The summed E-state index contributed by atoms with van der Waals surface area (Å²) in [5.74, 6) is 1.16. The quantitative estimate of drug-likeness (QED) is 0.474. The van der Waals surface area contributed by atoms with Gasteiger partial charge in [-0.15, -0.1) is 0 Å². The number of amides is 2. The Morgan fingerprint density at radius 2 is 1.72 bits per heavy atom. The topological polar surface area (TPSA) is 87.3 Å². The Balaban J connectivity index is 1.62. The molecule has 32 heavy (non-hydrogen) atoms. The maximum absolute atomic E-state index is 13.1. The number of hydrogen-bond acceptors (Lipinski definition) is 4. The summed E-state index contributed by atoms with van der Waals surface area (Å²) < 4.78 is 5.22. The normalized spacial score (nSPS) is 10.7. The summed E-state index contributed by atoms with van der Waals surface area (Å²) in [6.07, 6.45) is 0. The van der Waals surface area contributed by atoms with E-state index in [1.54, 1.807) is 30.2 Å². The molecule has 3 aromatic carbocycles. The Hall–Kier alpha value is -4.13. The van der Waals surface area contributed by atoms with Crippen LogP contribution in [0.15, 0.2) is 77.6 Å². The second kappa shape index (κ2) is 9.34. The van der Waals surface area contributed by atoms with Gasteiger partial charge in [0.25, 0.3) is 5.56 Å². The van der Waals surface area contributed by atoms with Gasteiger partial charge >= 0.3 is 6.03 Å². The molecule has 2 amide bonds. The first-order chi connectivity index (χ1) is 15.5. The average Bonchev–Trinajstić information content (AvgIpc) is 2.80. The minimum atomic E-state index is -0.291. The zero-order valence-corrected chi connectivity index (χ0v) is 18.0. The zero-order chi connectivity index (χ0) is 22.5. The van der Waals surface area contributed by atoms with Crippen molar-refractivity contribution in [1.82, 2.24) is 14.9 Å². The van der Waals surface area contributed by atoms with Crippen molar-refractivity contribution in [3.63, 3.8) is 0 Å². The molecule has 0 unspecified atom stereocenters. The number of aryl methyl sites for hydroxylation is 1. The number of benzene rings is 3. The molecule has 162 valence electrons. The lowest BCUT2D eigenvalue weighted by molar-refractivity contribution is 0.205. The fourth-order valence-electron chi connectivity index (χ4n) is 3.38. The first kappa shape index (κ1) is 21.1. The number of aromatic nitrogens is 2. The van der Waals surface area contributed by atoms with Crippen molar-refractivity contribution in [2.75, 3.05) is 12.4 Å². The lowest BCUT2D eigenvalue weighted by Crippen LogP contribution is -2.35. The van der Waals surface area contributed by atoms with E-state index >= 15 is 0 Å². The number of H-pyrrole nitrogens is 1. The maximum atomic E-state index is 13.1. The van der Waals surface area contributed by atoms with Crippen LogP contribution >= 0.6 is 0 Å². The monoisotopic (exact) mass is 428 g/mol. The number of carbonyl (C=O) groups is 1. The highest BCUT2D eigenvalue weighted by Gasteiger charge is 2.17. The van der Waals surface area contributed by atoms with Crippen LogP contribution in [0.5, 0.6) is 5.75 Å². The first-order valence-corrected chi connectivity index (χ1v) is 10.3. The minimum absolute atomic E-state index is 0.143. The highest BCUT2D eigenvalue weighted by Crippen LogP contribution is 2.16. The molecule has 7 nitrogen and oxygen atoms in total. The second-order valence-electron chi connectivity index (χ2n) is 7.53. The Morgan fingerprint density at radius 1 is 1.00 bits per heavy atom. The number of rotatable bonds is 6. The van der Waals surface area contributed by atoms with Crippen LogP contribution in [0, 0.1) is 6.92 Å². The number of aromatic amines is 1. The molecule has 0 fully saturated rings. The smallest absolute Gasteiger partial charge is 0.322 e. The minimum Gasteiger partial charge on any atom is -0.497 e. The molecule has 7 heteroatoms. The van der Waals surface area contributed by atoms with Gasteiger partial charge in [-0.1, -0.05) is 42.0 Å². The van der Waals surface area contributed by atoms with E-state index in [1.165, 1.54) is 0 Å². The van der Waals surface area contributed by atoms with E-state index in [1.807, 2.05) is 61.5 Å². The fourth-order valence-corrected chi connectivity index (χ4v) is 3.38. The summed E-state index contributed by atoms with van der Waals surface area (Å²) in [4.78, 5) is 34.6. The zero-order valence-electron chi connectivity index (χ0n) is 18.0. The van der Waals surface area contributed by atoms with Gasteiger partial charge in [0, 0.05) is 12.2 Å². The van der Waals surface area contributed by atoms with E-state index in [9.17, 15) is 9.59 Å². The molecule has 0 aliphatic carbocycles. The van der Waals surface area contributed by atoms with E-state index in [0.29, 0.717) is 29.0 Å². The van der Waals surface area contributed by atoms with Crippen LogP contribution in [-0.2, 0) is 13.1 Å². The molecule has 0 bridgehead atoms. The Bertz CT molecular complexity index is 1280. The first-order valence-electron chi connectivity index (χ1n) is 10.3. The molecule has 2 N–H and O–H groups in total. The van der Waals surface area contributed by atoms with Gasteiger partial charge in [0.2, 0.25) is 0 Å². The van der Waals surface area contributed by atoms with Crippen LogP contribution in [-0.4, -0.2) is 28.0 Å². The Labute approximate surface area is 185 Å². The number of methoxy groups -OCH3 is 1. The van der Waals surface area contributed by atoms with Gasteiger partial charge in [-0.25, -0.2) is 9.78 Å². The molecule has 0 radical (unpaired) electrons. The third-order valence-electron chi connectivity index (χ3n) is 5.13. The van der Waals surface area contributed by atoms with E-state index < -0.39 is 0 Å². The number of urea groups is 1. The molecule has 1 aromatic heterocycles. The van der Waals surface area contributed by atoms with Gasteiger partial charge in [-0.3, -0.25) is 4.79 Å². The summed E-state index contributed by atoms with van der Waals surface area (Å²) in [5, 5.41) is 3.44. The van der Waals surface area contributed by atoms with Crippen molar-refractivity contribution in [1.29, 1.82) is 0 Å². The molecule has 4 aromatic rings. The van der Waals surface area contributed by atoms with Crippen LogP contribution in [0.2, 0.25) is 0 Å². The van der Waals surface area contributed by atoms with Crippen LogP contribution in [0.4, 0.5) is 10.5 Å². The fraction of sp³-hybridized carbons (Fsp3) is 0.160. The van der Waals surface area contributed by atoms with Crippen molar-refractivity contribution in [3.8, 4) is 5.75 Å². The molecular weight excluding hydrogens is 404 g/mol. The molecule has 4 rings (SSSR count). The van der Waals surface area contributed by atoms with Gasteiger partial charge in [-0.2, -0.15) is 0 Å². The van der Waals surface area contributed by atoms with Crippen molar-refractivity contribution >= 4 is 22.6 Å². The highest BCUT2D eigenvalue weighted by molar-refractivity contribution is 5.89. The van der Waals surface area contributed by atoms with Crippen molar-refractivity contribution in [2.45, 2.75) is 20.0 Å². The van der Waals surface area contributed by atoms with E-state index in [-0.39, 0.29) is 18.1 Å². The molecule has 0 aliphatic heterocycles. The SMILES string of the molecule is COc1ccc(CN(Cc2nc3ccccc3c(=O)[nH]2)C(=O)Nc2ccc(C)cc2)cc1. The van der Waals surface area contributed by atoms with Gasteiger partial charge < -0.3 is 19.9 Å². The maximum Gasteiger partial charge on any atom is 0.322 e. The molecule has 0 aliphatic rings. The molecule has 0 saturated carbocycles. The average molecular weight is 428 g/mol.